The standard InChI is InChI=1S/C18H34N2O3/c1-18(2,3)23-17(21)20-11-7-8-14(13-20)12-19-15-9-5-6-10-16(15)22-4/h14-16,19H,5-13H2,1-4H3. The highest BCUT2D eigenvalue weighted by molar-refractivity contribution is 5.68. The van der Waals surface area contributed by atoms with Gasteiger partial charge in [-0.1, -0.05) is 12.8 Å². The number of amides is 1. The van der Waals surface area contributed by atoms with E-state index in [4.69, 9.17) is 9.47 Å². The lowest BCUT2D eigenvalue weighted by atomic mass is 9.91. The van der Waals surface area contributed by atoms with Crippen LogP contribution >= 0.6 is 0 Å². The van der Waals surface area contributed by atoms with Gasteiger partial charge in [0, 0.05) is 32.8 Å². The van der Waals surface area contributed by atoms with E-state index in [1.54, 1.807) is 0 Å². The first-order valence-corrected chi connectivity index (χ1v) is 9.13. The lowest BCUT2D eigenvalue weighted by molar-refractivity contribution is 0.0146. The molecule has 1 aliphatic carbocycles. The summed E-state index contributed by atoms with van der Waals surface area (Å²) >= 11 is 0. The molecule has 1 heterocycles. The number of hydrogen-bond acceptors (Lipinski definition) is 4. The molecular formula is C18H34N2O3. The Labute approximate surface area is 141 Å². The predicted octanol–water partition coefficient (Wildman–Crippen LogP) is 3.18. The molecule has 1 saturated heterocycles. The Morgan fingerprint density at radius 2 is 1.91 bits per heavy atom. The van der Waals surface area contributed by atoms with E-state index in [9.17, 15) is 4.79 Å². The van der Waals surface area contributed by atoms with E-state index in [2.05, 4.69) is 5.32 Å². The highest BCUT2D eigenvalue weighted by atomic mass is 16.6. The van der Waals surface area contributed by atoms with Crippen LogP contribution < -0.4 is 5.32 Å². The van der Waals surface area contributed by atoms with Gasteiger partial charge in [0.1, 0.15) is 5.60 Å². The Bertz CT molecular complexity index is 381. The zero-order valence-corrected chi connectivity index (χ0v) is 15.3. The van der Waals surface area contributed by atoms with Crippen molar-refractivity contribution in [1.29, 1.82) is 0 Å². The summed E-state index contributed by atoms with van der Waals surface area (Å²) in [6, 6.07) is 0.464. The molecule has 2 rings (SSSR count). The van der Waals surface area contributed by atoms with Gasteiger partial charge in [0.2, 0.25) is 0 Å². The monoisotopic (exact) mass is 326 g/mol. The molecule has 3 atom stereocenters. The summed E-state index contributed by atoms with van der Waals surface area (Å²) < 4.78 is 11.1. The van der Waals surface area contributed by atoms with Gasteiger partial charge in [-0.05, 0) is 52.4 Å². The first-order chi connectivity index (χ1) is 10.9. The highest BCUT2D eigenvalue weighted by Crippen LogP contribution is 2.23. The summed E-state index contributed by atoms with van der Waals surface area (Å²) in [5.74, 6) is 0.510. The molecule has 0 radical (unpaired) electrons. The van der Waals surface area contributed by atoms with Gasteiger partial charge in [-0.15, -0.1) is 0 Å². The Balaban J connectivity index is 1.78. The molecule has 2 aliphatic rings. The fraction of sp³-hybridized carbons (Fsp3) is 0.944. The minimum absolute atomic E-state index is 0.172. The number of carbonyl (C=O) groups is 1. The van der Waals surface area contributed by atoms with Crippen molar-refractivity contribution in [2.24, 2.45) is 5.92 Å². The van der Waals surface area contributed by atoms with Gasteiger partial charge in [-0.3, -0.25) is 0 Å². The molecule has 0 aromatic carbocycles. The van der Waals surface area contributed by atoms with E-state index >= 15 is 0 Å². The smallest absolute Gasteiger partial charge is 0.410 e. The molecule has 0 bridgehead atoms. The first-order valence-electron chi connectivity index (χ1n) is 9.13. The summed E-state index contributed by atoms with van der Waals surface area (Å²) in [7, 11) is 1.81. The average molecular weight is 326 g/mol. The third kappa shape index (κ3) is 5.96. The summed E-state index contributed by atoms with van der Waals surface area (Å²) in [6.45, 7) is 8.33. The minimum atomic E-state index is -0.421. The van der Waals surface area contributed by atoms with Crippen LogP contribution in [0.5, 0.6) is 0 Å². The van der Waals surface area contributed by atoms with Crippen molar-refractivity contribution in [3.63, 3.8) is 0 Å². The molecule has 1 saturated carbocycles. The van der Waals surface area contributed by atoms with Gasteiger partial charge in [-0.25, -0.2) is 4.79 Å². The van der Waals surface area contributed by atoms with E-state index in [-0.39, 0.29) is 6.09 Å². The Kier molecular flexibility index (Phi) is 6.72. The van der Waals surface area contributed by atoms with Gasteiger partial charge in [0.15, 0.2) is 0 Å². The first kappa shape index (κ1) is 18.5. The quantitative estimate of drug-likeness (QED) is 0.862. The van der Waals surface area contributed by atoms with Crippen LogP contribution in [0.2, 0.25) is 0 Å². The number of hydrogen-bond donors (Lipinski definition) is 1. The van der Waals surface area contributed by atoms with Gasteiger partial charge < -0.3 is 19.7 Å². The molecule has 0 aromatic rings. The van der Waals surface area contributed by atoms with Crippen molar-refractivity contribution >= 4 is 6.09 Å². The maximum absolute atomic E-state index is 12.2. The summed E-state index contributed by atoms with van der Waals surface area (Å²) in [4.78, 5) is 14.1. The van der Waals surface area contributed by atoms with Crippen LogP contribution in [0, 0.1) is 5.92 Å². The zero-order valence-electron chi connectivity index (χ0n) is 15.3. The lowest BCUT2D eigenvalue weighted by Crippen LogP contribution is -2.49. The molecule has 2 fully saturated rings. The van der Waals surface area contributed by atoms with E-state index in [0.29, 0.717) is 18.1 Å². The molecule has 1 N–H and O–H groups in total. The van der Waals surface area contributed by atoms with E-state index in [1.807, 2.05) is 32.8 Å². The third-order valence-electron chi connectivity index (χ3n) is 4.84. The van der Waals surface area contributed by atoms with Crippen LogP contribution in [0.25, 0.3) is 0 Å². The van der Waals surface area contributed by atoms with Crippen molar-refractivity contribution < 1.29 is 14.3 Å². The molecule has 0 spiro atoms. The second-order valence-electron chi connectivity index (χ2n) is 8.01. The van der Waals surface area contributed by atoms with Crippen LogP contribution in [0.15, 0.2) is 0 Å². The molecule has 0 aromatic heterocycles. The van der Waals surface area contributed by atoms with Crippen molar-refractivity contribution in [3.05, 3.63) is 0 Å². The molecule has 23 heavy (non-hydrogen) atoms. The number of ether oxygens (including phenoxy) is 2. The van der Waals surface area contributed by atoms with Crippen molar-refractivity contribution in [3.8, 4) is 0 Å². The Morgan fingerprint density at radius 1 is 1.17 bits per heavy atom. The third-order valence-corrected chi connectivity index (χ3v) is 4.84. The summed E-state index contributed by atoms with van der Waals surface area (Å²) in [5, 5.41) is 3.70. The number of methoxy groups -OCH3 is 1. The van der Waals surface area contributed by atoms with Gasteiger partial charge in [-0.2, -0.15) is 0 Å². The van der Waals surface area contributed by atoms with E-state index in [0.717, 1.165) is 32.5 Å². The Hall–Kier alpha value is -0.810. The largest absolute Gasteiger partial charge is 0.444 e. The molecule has 5 nitrogen and oxygen atoms in total. The maximum Gasteiger partial charge on any atom is 0.410 e. The minimum Gasteiger partial charge on any atom is -0.444 e. The SMILES string of the molecule is COC1CCCCC1NCC1CCCN(C(=O)OC(C)(C)C)C1. The predicted molar refractivity (Wildman–Crippen MR) is 91.6 cm³/mol. The average Bonchev–Trinajstić information content (AvgIpc) is 2.52. The summed E-state index contributed by atoms with van der Waals surface area (Å²) in [5.41, 5.74) is -0.421. The number of nitrogens with zero attached hydrogens (tertiary/aromatic N) is 1. The van der Waals surface area contributed by atoms with Crippen LogP contribution in [-0.4, -0.2) is 55.5 Å². The van der Waals surface area contributed by atoms with Gasteiger partial charge in [0.05, 0.1) is 6.10 Å². The van der Waals surface area contributed by atoms with Crippen LogP contribution in [-0.2, 0) is 9.47 Å². The highest BCUT2D eigenvalue weighted by Gasteiger charge is 2.29. The zero-order chi connectivity index (χ0) is 16.9. The van der Waals surface area contributed by atoms with Crippen molar-refractivity contribution in [2.45, 2.75) is 77.0 Å². The van der Waals surface area contributed by atoms with E-state index in [1.165, 1.54) is 25.7 Å². The second kappa shape index (κ2) is 8.34. The molecule has 5 heteroatoms. The van der Waals surface area contributed by atoms with E-state index < -0.39 is 5.60 Å². The molecule has 1 amide bonds. The Morgan fingerprint density at radius 3 is 2.61 bits per heavy atom. The van der Waals surface area contributed by atoms with Crippen LogP contribution in [0.4, 0.5) is 4.79 Å². The van der Waals surface area contributed by atoms with Crippen LogP contribution in [0.1, 0.15) is 59.3 Å². The normalized spacial score (nSPS) is 29.4. The maximum atomic E-state index is 12.2. The van der Waals surface area contributed by atoms with Crippen molar-refractivity contribution in [2.75, 3.05) is 26.7 Å². The summed E-state index contributed by atoms with van der Waals surface area (Å²) in [6.07, 6.45) is 7.31. The number of likely N-dealkylation sites (tertiary alicyclic amines) is 1. The second-order valence-corrected chi connectivity index (χ2v) is 8.01. The topological polar surface area (TPSA) is 50.8 Å². The number of piperidine rings is 1. The lowest BCUT2D eigenvalue weighted by Gasteiger charge is -2.36. The van der Waals surface area contributed by atoms with Crippen molar-refractivity contribution in [1.82, 2.24) is 10.2 Å². The van der Waals surface area contributed by atoms with Crippen LogP contribution in [0.3, 0.4) is 0 Å². The van der Waals surface area contributed by atoms with Gasteiger partial charge >= 0.3 is 6.09 Å². The number of nitrogens with one attached hydrogen (secondary N) is 1. The molecular weight excluding hydrogens is 292 g/mol. The molecule has 3 unspecified atom stereocenters. The number of rotatable bonds is 4. The number of carbonyl (C=O) groups excluding carboxylic acids is 1. The van der Waals surface area contributed by atoms with Gasteiger partial charge in [0.25, 0.3) is 0 Å². The molecule has 1 aliphatic heterocycles. The fourth-order valence-corrected chi connectivity index (χ4v) is 3.65. The fourth-order valence-electron chi connectivity index (χ4n) is 3.65. The molecule has 134 valence electrons.